The van der Waals surface area contributed by atoms with Crippen LogP contribution in [0.2, 0.25) is 0 Å². The van der Waals surface area contributed by atoms with Crippen molar-refractivity contribution >= 4 is 11.8 Å². The summed E-state index contributed by atoms with van der Waals surface area (Å²) in [6.45, 7) is 10.7. The second kappa shape index (κ2) is 5.52. The van der Waals surface area contributed by atoms with Crippen LogP contribution >= 0.6 is 0 Å². The lowest BCUT2D eigenvalue weighted by atomic mass is 9.87. The van der Waals surface area contributed by atoms with Gasteiger partial charge >= 0.3 is 0 Å². The highest BCUT2D eigenvalue weighted by Crippen LogP contribution is 2.22. The first kappa shape index (κ1) is 14.7. The summed E-state index contributed by atoms with van der Waals surface area (Å²) in [5.74, 6) is 0.305. The van der Waals surface area contributed by atoms with Crippen LogP contribution in [0.1, 0.15) is 33.4 Å². The highest BCUT2D eigenvalue weighted by atomic mass is 16.5. The minimum atomic E-state index is -0.0928. The Morgan fingerprint density at radius 3 is 2.61 bits per heavy atom. The zero-order chi connectivity index (χ0) is 13.9. The van der Waals surface area contributed by atoms with E-state index in [2.05, 4.69) is 38.2 Å². The molecule has 0 saturated carbocycles. The lowest BCUT2D eigenvalue weighted by molar-refractivity contribution is -0.118. The fourth-order valence-electron chi connectivity index (χ4n) is 1.62. The normalized spacial score (nSPS) is 13.7. The van der Waals surface area contributed by atoms with E-state index in [1.807, 2.05) is 18.9 Å². The maximum atomic E-state index is 11.8. The van der Waals surface area contributed by atoms with E-state index in [1.54, 1.807) is 6.07 Å². The first-order valence-corrected chi connectivity index (χ1v) is 6.13. The third-order valence-corrected chi connectivity index (χ3v) is 3.20. The molecule has 5 heteroatoms. The summed E-state index contributed by atoms with van der Waals surface area (Å²) >= 11 is 0. The van der Waals surface area contributed by atoms with Crippen molar-refractivity contribution in [2.75, 3.05) is 18.9 Å². The largest absolute Gasteiger partial charge is 0.338 e. The Balaban J connectivity index is 2.50. The average molecular weight is 253 g/mol. The van der Waals surface area contributed by atoms with Crippen molar-refractivity contribution in [3.8, 4) is 0 Å². The summed E-state index contributed by atoms with van der Waals surface area (Å²) in [7, 11) is 1.95. The molecule has 18 heavy (non-hydrogen) atoms. The number of rotatable bonds is 4. The van der Waals surface area contributed by atoms with Crippen LogP contribution in [0.5, 0.6) is 0 Å². The van der Waals surface area contributed by atoms with Gasteiger partial charge in [0.15, 0.2) is 0 Å². The van der Waals surface area contributed by atoms with E-state index in [4.69, 9.17) is 4.52 Å². The molecular weight excluding hydrogens is 230 g/mol. The van der Waals surface area contributed by atoms with Gasteiger partial charge in [0.05, 0.1) is 12.2 Å². The molecule has 0 aliphatic carbocycles. The molecule has 0 aliphatic heterocycles. The monoisotopic (exact) mass is 253 g/mol. The highest BCUT2D eigenvalue weighted by molar-refractivity contribution is 5.90. The maximum Gasteiger partial charge on any atom is 0.240 e. The van der Waals surface area contributed by atoms with E-state index in [0.717, 1.165) is 5.69 Å². The van der Waals surface area contributed by atoms with E-state index in [9.17, 15) is 4.79 Å². The molecule has 1 aromatic rings. The zero-order valence-corrected chi connectivity index (χ0v) is 12.1. The summed E-state index contributed by atoms with van der Waals surface area (Å²) < 4.78 is 4.94. The van der Waals surface area contributed by atoms with Gasteiger partial charge in [0.25, 0.3) is 0 Å². The molecule has 0 saturated heterocycles. The van der Waals surface area contributed by atoms with E-state index in [0.29, 0.717) is 18.5 Å². The van der Waals surface area contributed by atoms with Crippen LogP contribution in [0, 0.1) is 12.3 Å². The maximum absolute atomic E-state index is 11.8. The van der Waals surface area contributed by atoms with Gasteiger partial charge in [0.2, 0.25) is 11.8 Å². The molecule has 1 heterocycles. The van der Waals surface area contributed by atoms with Crippen molar-refractivity contribution in [1.82, 2.24) is 10.1 Å². The standard InChI is InChI=1S/C13H23N3O2/c1-9-7-12(18-15-9)14-11(17)8-16(6)10(2)13(3,4)5/h7,10H,8H2,1-6H3,(H,14,17)/t10-/m1/s1. The molecule has 0 spiro atoms. The molecule has 5 nitrogen and oxygen atoms in total. The highest BCUT2D eigenvalue weighted by Gasteiger charge is 2.25. The summed E-state index contributed by atoms with van der Waals surface area (Å²) in [6.07, 6.45) is 0. The van der Waals surface area contributed by atoms with Crippen molar-refractivity contribution in [2.24, 2.45) is 5.41 Å². The van der Waals surface area contributed by atoms with Crippen molar-refractivity contribution in [1.29, 1.82) is 0 Å². The molecule has 0 radical (unpaired) electrons. The third-order valence-electron chi connectivity index (χ3n) is 3.20. The number of carbonyl (C=O) groups is 1. The molecule has 0 aromatic carbocycles. The van der Waals surface area contributed by atoms with Crippen LogP contribution in [-0.4, -0.2) is 35.6 Å². The van der Waals surface area contributed by atoms with Crippen molar-refractivity contribution in [3.05, 3.63) is 11.8 Å². The first-order chi connectivity index (χ1) is 8.20. The number of hydrogen-bond acceptors (Lipinski definition) is 4. The zero-order valence-electron chi connectivity index (χ0n) is 12.1. The van der Waals surface area contributed by atoms with Gasteiger partial charge in [-0.3, -0.25) is 15.0 Å². The summed E-state index contributed by atoms with van der Waals surface area (Å²) in [5, 5.41) is 6.41. The van der Waals surface area contributed by atoms with Gasteiger partial charge in [0, 0.05) is 12.1 Å². The van der Waals surface area contributed by atoms with Crippen LogP contribution in [0.3, 0.4) is 0 Å². The summed E-state index contributed by atoms with van der Waals surface area (Å²) in [4.78, 5) is 13.8. The van der Waals surface area contributed by atoms with Crippen LogP contribution < -0.4 is 5.32 Å². The second-order valence-corrected chi connectivity index (χ2v) is 5.84. The predicted octanol–water partition coefficient (Wildman–Crippen LogP) is 2.29. The molecule has 1 atom stereocenters. The Labute approximate surface area is 109 Å². The topological polar surface area (TPSA) is 58.4 Å². The number of nitrogens with zero attached hydrogens (tertiary/aromatic N) is 2. The molecule has 0 aliphatic rings. The number of nitrogens with one attached hydrogen (secondary N) is 1. The van der Waals surface area contributed by atoms with Gasteiger partial charge in [-0.1, -0.05) is 25.9 Å². The Kier molecular flexibility index (Phi) is 4.51. The van der Waals surface area contributed by atoms with Gasteiger partial charge < -0.3 is 4.52 Å². The predicted molar refractivity (Wildman–Crippen MR) is 71.4 cm³/mol. The molecule has 1 rings (SSSR count). The number of likely N-dealkylation sites (N-methyl/N-ethyl adjacent to an activating group) is 1. The Morgan fingerprint density at radius 2 is 2.17 bits per heavy atom. The van der Waals surface area contributed by atoms with Gasteiger partial charge in [0.1, 0.15) is 0 Å². The molecule has 0 bridgehead atoms. The lowest BCUT2D eigenvalue weighted by Gasteiger charge is -2.34. The Morgan fingerprint density at radius 1 is 1.56 bits per heavy atom. The minimum absolute atomic E-state index is 0.0928. The molecule has 102 valence electrons. The first-order valence-electron chi connectivity index (χ1n) is 6.13. The minimum Gasteiger partial charge on any atom is -0.338 e. The molecule has 1 aromatic heterocycles. The number of aromatic nitrogens is 1. The Bertz CT molecular complexity index is 407. The molecule has 0 unspecified atom stereocenters. The fraction of sp³-hybridized carbons (Fsp3) is 0.692. The SMILES string of the molecule is Cc1cc(NC(=O)CN(C)[C@H](C)C(C)(C)C)on1. The second-order valence-electron chi connectivity index (χ2n) is 5.84. The van der Waals surface area contributed by atoms with Gasteiger partial charge in [-0.25, -0.2) is 0 Å². The molecular formula is C13H23N3O2. The van der Waals surface area contributed by atoms with Crippen LogP contribution in [-0.2, 0) is 4.79 Å². The van der Waals surface area contributed by atoms with Gasteiger partial charge in [-0.05, 0) is 26.3 Å². The molecule has 0 fully saturated rings. The van der Waals surface area contributed by atoms with Crippen LogP contribution in [0.4, 0.5) is 5.88 Å². The van der Waals surface area contributed by atoms with Crippen LogP contribution in [0.15, 0.2) is 10.6 Å². The van der Waals surface area contributed by atoms with E-state index in [1.165, 1.54) is 0 Å². The third kappa shape index (κ3) is 4.14. The van der Waals surface area contributed by atoms with Crippen molar-refractivity contribution in [3.63, 3.8) is 0 Å². The van der Waals surface area contributed by atoms with Crippen LogP contribution in [0.25, 0.3) is 0 Å². The van der Waals surface area contributed by atoms with Crippen molar-refractivity contribution in [2.45, 2.75) is 40.7 Å². The summed E-state index contributed by atoms with van der Waals surface area (Å²) in [6, 6.07) is 2.00. The quantitative estimate of drug-likeness (QED) is 0.894. The number of carbonyl (C=O) groups excluding carboxylic acids is 1. The van der Waals surface area contributed by atoms with E-state index in [-0.39, 0.29) is 11.3 Å². The number of anilines is 1. The molecule has 1 N–H and O–H groups in total. The average Bonchev–Trinajstić information content (AvgIpc) is 2.61. The lowest BCUT2D eigenvalue weighted by Crippen LogP contribution is -2.43. The number of amides is 1. The fourth-order valence-corrected chi connectivity index (χ4v) is 1.62. The smallest absolute Gasteiger partial charge is 0.240 e. The van der Waals surface area contributed by atoms with Gasteiger partial charge in [-0.2, -0.15) is 0 Å². The van der Waals surface area contributed by atoms with E-state index < -0.39 is 0 Å². The number of hydrogen-bond donors (Lipinski definition) is 1. The number of aryl methyl sites for hydroxylation is 1. The van der Waals surface area contributed by atoms with Crippen molar-refractivity contribution < 1.29 is 9.32 Å². The van der Waals surface area contributed by atoms with Gasteiger partial charge in [-0.15, -0.1) is 0 Å². The Hall–Kier alpha value is -1.36. The van der Waals surface area contributed by atoms with E-state index >= 15 is 0 Å². The summed E-state index contributed by atoms with van der Waals surface area (Å²) in [5.41, 5.74) is 0.888. The molecule has 1 amide bonds.